The van der Waals surface area contributed by atoms with Crippen LogP contribution in [0.3, 0.4) is 0 Å². The number of thiophene rings is 1. The summed E-state index contributed by atoms with van der Waals surface area (Å²) < 4.78 is 1.83. The number of fused-ring (bicyclic) bond motifs is 1. The monoisotopic (exact) mass is 471 g/mol. The molecule has 2 heterocycles. The number of anilines is 1. The van der Waals surface area contributed by atoms with Crippen molar-refractivity contribution in [2.45, 2.75) is 43.7 Å². The maximum atomic E-state index is 12.6. The molecule has 0 spiro atoms. The highest BCUT2D eigenvalue weighted by Crippen LogP contribution is 2.36. The number of hydrogen-bond donors (Lipinski definition) is 1. The lowest BCUT2D eigenvalue weighted by molar-refractivity contribution is -0.113. The number of aromatic nitrogens is 3. The molecule has 0 saturated heterocycles. The van der Waals surface area contributed by atoms with E-state index in [-0.39, 0.29) is 11.7 Å². The number of nitrogens with zero attached hydrogens (tertiary/aromatic N) is 4. The molecule has 1 aromatic carbocycles. The second-order valence-corrected chi connectivity index (χ2v) is 9.87. The number of benzene rings is 1. The summed E-state index contributed by atoms with van der Waals surface area (Å²) in [6, 6.07) is 9.78. The predicted octanol–water partition coefficient (Wildman–Crippen LogP) is 5.46. The minimum Gasteiger partial charge on any atom is -0.316 e. The Bertz CT molecular complexity index is 1150. The summed E-state index contributed by atoms with van der Waals surface area (Å²) in [5.41, 5.74) is 2.57. The Balaban J connectivity index is 1.44. The molecule has 1 aliphatic carbocycles. The molecular formula is C22H22ClN5OS2. The van der Waals surface area contributed by atoms with E-state index in [1.54, 1.807) is 11.3 Å². The van der Waals surface area contributed by atoms with Crippen molar-refractivity contribution in [3.05, 3.63) is 45.3 Å². The van der Waals surface area contributed by atoms with Crippen molar-refractivity contribution in [3.63, 3.8) is 0 Å². The van der Waals surface area contributed by atoms with E-state index in [9.17, 15) is 10.1 Å². The minimum absolute atomic E-state index is 0.155. The molecule has 6 nitrogen and oxygen atoms in total. The van der Waals surface area contributed by atoms with E-state index in [1.165, 1.54) is 29.5 Å². The normalized spacial score (nSPS) is 13.7. The molecule has 0 radical (unpaired) electrons. The number of amides is 1. The zero-order valence-electron chi connectivity index (χ0n) is 17.2. The first-order valence-electron chi connectivity index (χ1n) is 10.2. The van der Waals surface area contributed by atoms with Crippen molar-refractivity contribution in [1.82, 2.24) is 14.8 Å². The topological polar surface area (TPSA) is 83.6 Å². The fraction of sp³-hybridized carbons (Fsp3) is 0.364. The zero-order valence-corrected chi connectivity index (χ0v) is 19.5. The molecule has 0 saturated carbocycles. The highest BCUT2D eigenvalue weighted by Gasteiger charge is 2.21. The van der Waals surface area contributed by atoms with Crippen LogP contribution in [-0.4, -0.2) is 26.4 Å². The Labute approximate surface area is 194 Å². The van der Waals surface area contributed by atoms with Gasteiger partial charge in [0.1, 0.15) is 11.1 Å². The second-order valence-electron chi connectivity index (χ2n) is 7.42. The lowest BCUT2D eigenvalue weighted by Gasteiger charge is -2.08. The Kier molecular flexibility index (Phi) is 6.96. The van der Waals surface area contributed by atoms with Crippen molar-refractivity contribution in [3.8, 4) is 17.5 Å². The third-order valence-electron chi connectivity index (χ3n) is 5.32. The first-order valence-corrected chi connectivity index (χ1v) is 12.4. The standard InChI is InChI=1S/C22H22ClN5OS2/c1-28-20(15-9-6-7-10-17(15)23)26-27-22(28)30-13-19(29)25-21-16(12-24)14-8-4-2-3-5-11-18(14)31-21/h6-7,9-10H,2-5,8,11,13H2,1H3,(H,25,29). The zero-order chi connectivity index (χ0) is 21.8. The lowest BCUT2D eigenvalue weighted by Crippen LogP contribution is -2.14. The van der Waals surface area contributed by atoms with Crippen LogP contribution in [0.5, 0.6) is 0 Å². The summed E-state index contributed by atoms with van der Waals surface area (Å²) in [5.74, 6) is 0.679. The summed E-state index contributed by atoms with van der Waals surface area (Å²) in [5, 5.41) is 23.0. The van der Waals surface area contributed by atoms with E-state index in [0.29, 0.717) is 26.6 Å². The third kappa shape index (κ3) is 4.79. The number of carbonyl (C=O) groups is 1. The number of thioether (sulfide) groups is 1. The largest absolute Gasteiger partial charge is 0.316 e. The van der Waals surface area contributed by atoms with Crippen LogP contribution in [0.25, 0.3) is 11.4 Å². The maximum absolute atomic E-state index is 12.6. The van der Waals surface area contributed by atoms with Gasteiger partial charge in [-0.05, 0) is 43.4 Å². The van der Waals surface area contributed by atoms with Crippen LogP contribution in [0, 0.1) is 11.3 Å². The minimum atomic E-state index is -0.155. The maximum Gasteiger partial charge on any atom is 0.235 e. The number of nitriles is 1. The van der Waals surface area contributed by atoms with Gasteiger partial charge in [0.15, 0.2) is 11.0 Å². The average Bonchev–Trinajstić information content (AvgIpc) is 3.26. The number of halogens is 1. The van der Waals surface area contributed by atoms with Crippen LogP contribution in [0.15, 0.2) is 29.4 Å². The summed E-state index contributed by atoms with van der Waals surface area (Å²) in [7, 11) is 1.85. The van der Waals surface area contributed by atoms with E-state index < -0.39 is 0 Å². The number of hydrogen-bond acceptors (Lipinski definition) is 6. The molecule has 1 amide bonds. The molecule has 4 rings (SSSR count). The van der Waals surface area contributed by atoms with Gasteiger partial charge in [0.05, 0.1) is 16.3 Å². The predicted molar refractivity (Wildman–Crippen MR) is 126 cm³/mol. The molecule has 0 atom stereocenters. The van der Waals surface area contributed by atoms with Gasteiger partial charge >= 0.3 is 0 Å². The second kappa shape index (κ2) is 9.86. The quantitative estimate of drug-likeness (QED) is 0.499. The van der Waals surface area contributed by atoms with Gasteiger partial charge in [0, 0.05) is 17.5 Å². The van der Waals surface area contributed by atoms with E-state index in [1.807, 2.05) is 35.9 Å². The Morgan fingerprint density at radius 2 is 2.03 bits per heavy atom. The Morgan fingerprint density at radius 3 is 2.81 bits per heavy atom. The van der Waals surface area contributed by atoms with Gasteiger partial charge in [-0.3, -0.25) is 4.79 Å². The van der Waals surface area contributed by atoms with Gasteiger partial charge in [-0.1, -0.05) is 48.3 Å². The van der Waals surface area contributed by atoms with Crippen LogP contribution >= 0.6 is 34.7 Å². The molecule has 3 aromatic rings. The van der Waals surface area contributed by atoms with Gasteiger partial charge in [0.2, 0.25) is 5.91 Å². The number of rotatable bonds is 5. The summed E-state index contributed by atoms with van der Waals surface area (Å²) >= 11 is 9.13. The van der Waals surface area contributed by atoms with Crippen molar-refractivity contribution in [2.75, 3.05) is 11.1 Å². The fourth-order valence-corrected chi connectivity index (χ4v) is 5.92. The third-order valence-corrected chi connectivity index (χ3v) is 7.88. The SMILES string of the molecule is Cn1c(SCC(=O)Nc2sc3c(c2C#N)CCCCCC3)nnc1-c1ccccc1Cl. The van der Waals surface area contributed by atoms with Crippen molar-refractivity contribution in [1.29, 1.82) is 5.26 Å². The van der Waals surface area contributed by atoms with Gasteiger partial charge in [-0.25, -0.2) is 0 Å². The Hall–Kier alpha value is -2.34. The van der Waals surface area contributed by atoms with Gasteiger partial charge in [0.25, 0.3) is 0 Å². The van der Waals surface area contributed by atoms with Crippen LogP contribution in [0.2, 0.25) is 5.02 Å². The van der Waals surface area contributed by atoms with Crippen LogP contribution < -0.4 is 5.32 Å². The van der Waals surface area contributed by atoms with Crippen molar-refractivity contribution < 1.29 is 4.79 Å². The Morgan fingerprint density at radius 1 is 1.26 bits per heavy atom. The summed E-state index contributed by atoms with van der Waals surface area (Å²) in [4.78, 5) is 13.9. The van der Waals surface area contributed by atoms with Gasteiger partial charge in [-0.2, -0.15) is 5.26 Å². The van der Waals surface area contributed by atoms with E-state index in [4.69, 9.17) is 11.6 Å². The number of aryl methyl sites for hydroxylation is 1. The first-order chi connectivity index (χ1) is 15.1. The van der Waals surface area contributed by atoms with Crippen molar-refractivity contribution >= 4 is 45.6 Å². The van der Waals surface area contributed by atoms with Crippen LogP contribution in [0.1, 0.15) is 41.7 Å². The highest BCUT2D eigenvalue weighted by molar-refractivity contribution is 7.99. The molecular weight excluding hydrogens is 450 g/mol. The lowest BCUT2D eigenvalue weighted by atomic mass is 9.97. The van der Waals surface area contributed by atoms with E-state index >= 15 is 0 Å². The number of nitrogens with one attached hydrogen (secondary N) is 1. The molecule has 0 fully saturated rings. The fourth-order valence-electron chi connectivity index (χ4n) is 3.74. The van der Waals surface area contributed by atoms with Gasteiger partial charge < -0.3 is 9.88 Å². The van der Waals surface area contributed by atoms with Crippen LogP contribution in [-0.2, 0) is 24.7 Å². The molecule has 9 heteroatoms. The molecule has 1 aliphatic rings. The average molecular weight is 472 g/mol. The molecule has 160 valence electrons. The summed E-state index contributed by atoms with van der Waals surface area (Å²) in [6.07, 6.45) is 6.58. The smallest absolute Gasteiger partial charge is 0.235 e. The van der Waals surface area contributed by atoms with Crippen molar-refractivity contribution in [2.24, 2.45) is 7.05 Å². The molecule has 1 N–H and O–H groups in total. The number of carbonyl (C=O) groups excluding carboxylic acids is 1. The molecule has 0 aliphatic heterocycles. The van der Waals surface area contributed by atoms with E-state index in [0.717, 1.165) is 36.8 Å². The summed E-state index contributed by atoms with van der Waals surface area (Å²) in [6.45, 7) is 0. The van der Waals surface area contributed by atoms with E-state index in [2.05, 4.69) is 21.6 Å². The highest BCUT2D eigenvalue weighted by atomic mass is 35.5. The first kappa shape index (κ1) is 21.9. The molecule has 31 heavy (non-hydrogen) atoms. The van der Waals surface area contributed by atoms with Gasteiger partial charge in [-0.15, -0.1) is 21.5 Å². The molecule has 0 unspecified atom stereocenters. The molecule has 0 bridgehead atoms. The van der Waals surface area contributed by atoms with Crippen LogP contribution in [0.4, 0.5) is 5.00 Å². The molecule has 2 aromatic heterocycles.